The molecule has 1 aliphatic carbocycles. The SMILES string of the molecule is COC(=O)c1occc1CSc1nc(C)nc2sc3c(c12)CCC3. The Morgan fingerprint density at radius 1 is 1.42 bits per heavy atom. The van der Waals surface area contributed by atoms with Gasteiger partial charge in [0.15, 0.2) is 0 Å². The summed E-state index contributed by atoms with van der Waals surface area (Å²) >= 11 is 3.41. The van der Waals surface area contributed by atoms with Crippen molar-refractivity contribution in [1.82, 2.24) is 9.97 Å². The Hall–Kier alpha value is -1.86. The Kier molecular flexibility index (Phi) is 4.05. The van der Waals surface area contributed by atoms with E-state index in [1.807, 2.05) is 13.0 Å². The third kappa shape index (κ3) is 2.61. The van der Waals surface area contributed by atoms with Crippen LogP contribution in [-0.4, -0.2) is 23.0 Å². The molecule has 0 spiro atoms. The molecule has 3 aromatic heterocycles. The zero-order valence-corrected chi connectivity index (χ0v) is 15.1. The number of methoxy groups -OCH3 is 1. The molecular weight excluding hydrogens is 344 g/mol. The van der Waals surface area contributed by atoms with Crippen molar-refractivity contribution in [2.45, 2.75) is 37.0 Å². The van der Waals surface area contributed by atoms with Crippen LogP contribution < -0.4 is 0 Å². The molecule has 5 nitrogen and oxygen atoms in total. The molecule has 0 N–H and O–H groups in total. The molecule has 0 aromatic carbocycles. The van der Waals surface area contributed by atoms with Crippen molar-refractivity contribution in [2.24, 2.45) is 0 Å². The number of esters is 1. The van der Waals surface area contributed by atoms with Gasteiger partial charge in [-0.25, -0.2) is 14.8 Å². The standard InChI is InChI=1S/C17H16N2O3S2/c1-9-18-15(13-11-4-3-5-12(11)24-16(13)19-9)23-8-10-6-7-22-14(10)17(20)21-2/h6-7H,3-5,8H2,1-2H3. The Morgan fingerprint density at radius 3 is 3.12 bits per heavy atom. The Balaban J connectivity index is 1.68. The minimum atomic E-state index is -0.448. The molecule has 4 rings (SSSR count). The number of aryl methyl sites for hydroxylation is 3. The molecule has 0 aliphatic heterocycles. The van der Waals surface area contributed by atoms with Crippen molar-refractivity contribution >= 4 is 39.3 Å². The van der Waals surface area contributed by atoms with Crippen molar-refractivity contribution in [2.75, 3.05) is 7.11 Å². The van der Waals surface area contributed by atoms with E-state index < -0.39 is 5.97 Å². The average Bonchev–Trinajstić information content (AvgIpc) is 3.26. The van der Waals surface area contributed by atoms with Gasteiger partial charge in [0.25, 0.3) is 0 Å². The Morgan fingerprint density at radius 2 is 2.29 bits per heavy atom. The van der Waals surface area contributed by atoms with Crippen molar-refractivity contribution in [1.29, 1.82) is 0 Å². The lowest BCUT2D eigenvalue weighted by molar-refractivity contribution is 0.0564. The zero-order valence-electron chi connectivity index (χ0n) is 13.4. The molecule has 0 bridgehead atoms. The molecule has 1 aliphatic rings. The molecule has 0 atom stereocenters. The highest BCUT2D eigenvalue weighted by Crippen LogP contribution is 2.41. The van der Waals surface area contributed by atoms with Crippen LogP contribution >= 0.6 is 23.1 Å². The maximum Gasteiger partial charge on any atom is 0.374 e. The van der Waals surface area contributed by atoms with Crippen LogP contribution in [0.3, 0.4) is 0 Å². The van der Waals surface area contributed by atoms with Crippen LogP contribution in [0.2, 0.25) is 0 Å². The normalized spacial score (nSPS) is 13.4. The van der Waals surface area contributed by atoms with Gasteiger partial charge in [0.1, 0.15) is 15.7 Å². The summed E-state index contributed by atoms with van der Waals surface area (Å²) in [5.74, 6) is 1.21. The number of thiophene rings is 1. The molecule has 0 unspecified atom stereocenters. The molecule has 0 fully saturated rings. The second-order valence-corrected chi connectivity index (χ2v) is 7.72. The maximum atomic E-state index is 11.7. The van der Waals surface area contributed by atoms with E-state index in [1.54, 1.807) is 23.1 Å². The highest BCUT2D eigenvalue weighted by molar-refractivity contribution is 7.98. The third-order valence-corrected chi connectivity index (χ3v) is 6.34. The first-order valence-electron chi connectivity index (χ1n) is 7.73. The number of hydrogen-bond donors (Lipinski definition) is 0. The van der Waals surface area contributed by atoms with Gasteiger partial charge in [-0.15, -0.1) is 23.1 Å². The predicted octanol–water partition coefficient (Wildman–Crippen LogP) is 4.16. The van der Waals surface area contributed by atoms with Gasteiger partial charge in [0.05, 0.1) is 13.4 Å². The lowest BCUT2D eigenvalue weighted by atomic mass is 10.2. The third-order valence-electron chi connectivity index (χ3n) is 4.13. The maximum absolute atomic E-state index is 11.7. The van der Waals surface area contributed by atoms with Gasteiger partial charge in [0, 0.05) is 21.6 Å². The highest BCUT2D eigenvalue weighted by Gasteiger charge is 2.23. The van der Waals surface area contributed by atoms with Gasteiger partial charge < -0.3 is 9.15 Å². The molecule has 7 heteroatoms. The molecule has 0 saturated carbocycles. The number of furan rings is 1. The van der Waals surface area contributed by atoms with Crippen LogP contribution in [0.15, 0.2) is 21.8 Å². The number of rotatable bonds is 4. The molecular formula is C17H16N2O3S2. The number of thioether (sulfide) groups is 1. The van der Waals surface area contributed by atoms with Crippen LogP contribution in [-0.2, 0) is 23.3 Å². The second-order valence-electron chi connectivity index (χ2n) is 5.67. The summed E-state index contributed by atoms with van der Waals surface area (Å²) in [6.45, 7) is 1.92. The first kappa shape index (κ1) is 15.7. The summed E-state index contributed by atoms with van der Waals surface area (Å²) in [5.41, 5.74) is 2.24. The molecule has 0 radical (unpaired) electrons. The fourth-order valence-corrected chi connectivity index (χ4v) is 5.49. The van der Waals surface area contributed by atoms with Gasteiger partial charge in [-0.3, -0.25) is 0 Å². The smallest absolute Gasteiger partial charge is 0.374 e. The lowest BCUT2D eigenvalue weighted by Crippen LogP contribution is -2.02. The zero-order chi connectivity index (χ0) is 16.7. The van der Waals surface area contributed by atoms with E-state index in [1.165, 1.54) is 35.6 Å². The molecule has 0 saturated heterocycles. The van der Waals surface area contributed by atoms with E-state index in [-0.39, 0.29) is 5.76 Å². The monoisotopic (exact) mass is 360 g/mol. The van der Waals surface area contributed by atoms with E-state index >= 15 is 0 Å². The van der Waals surface area contributed by atoms with Gasteiger partial charge in [-0.2, -0.15) is 0 Å². The first-order chi connectivity index (χ1) is 11.7. The number of hydrogen-bond acceptors (Lipinski definition) is 7. The van der Waals surface area contributed by atoms with Crippen molar-refractivity contribution in [3.05, 3.63) is 39.9 Å². The van der Waals surface area contributed by atoms with E-state index in [0.29, 0.717) is 5.75 Å². The Bertz CT molecular complexity index is 929. The van der Waals surface area contributed by atoms with Crippen LogP contribution in [0.25, 0.3) is 10.2 Å². The fraction of sp³-hybridized carbons (Fsp3) is 0.353. The Labute approximate surface area is 147 Å². The summed E-state index contributed by atoms with van der Waals surface area (Å²) in [5, 5.41) is 2.19. The quantitative estimate of drug-likeness (QED) is 0.395. The summed E-state index contributed by atoms with van der Waals surface area (Å²) in [6, 6.07) is 1.81. The van der Waals surface area contributed by atoms with Gasteiger partial charge in [-0.05, 0) is 37.8 Å². The minimum absolute atomic E-state index is 0.266. The van der Waals surface area contributed by atoms with Crippen LogP contribution in [0, 0.1) is 6.92 Å². The predicted molar refractivity (Wildman–Crippen MR) is 93.8 cm³/mol. The topological polar surface area (TPSA) is 65.2 Å². The van der Waals surface area contributed by atoms with Crippen LogP contribution in [0.1, 0.15) is 38.8 Å². The summed E-state index contributed by atoms with van der Waals surface area (Å²) in [6.07, 6.45) is 4.98. The largest absolute Gasteiger partial charge is 0.463 e. The molecule has 124 valence electrons. The minimum Gasteiger partial charge on any atom is -0.463 e. The number of ether oxygens (including phenoxy) is 1. The van der Waals surface area contributed by atoms with Gasteiger partial charge in [0.2, 0.25) is 5.76 Å². The summed E-state index contributed by atoms with van der Waals surface area (Å²) in [7, 11) is 1.35. The van der Waals surface area contributed by atoms with Crippen molar-refractivity contribution < 1.29 is 13.9 Å². The van der Waals surface area contributed by atoms with Crippen LogP contribution in [0.5, 0.6) is 0 Å². The highest BCUT2D eigenvalue weighted by atomic mass is 32.2. The number of fused-ring (bicyclic) bond motifs is 3. The van der Waals surface area contributed by atoms with Gasteiger partial charge in [-0.1, -0.05) is 0 Å². The number of aromatic nitrogens is 2. The van der Waals surface area contributed by atoms with E-state index in [0.717, 1.165) is 34.1 Å². The van der Waals surface area contributed by atoms with E-state index in [2.05, 4.69) is 9.97 Å². The summed E-state index contributed by atoms with van der Waals surface area (Å²) < 4.78 is 10.0. The van der Waals surface area contributed by atoms with Crippen molar-refractivity contribution in [3.8, 4) is 0 Å². The number of carbonyl (C=O) groups is 1. The molecule has 0 amide bonds. The number of nitrogens with zero attached hydrogens (tertiary/aromatic N) is 2. The van der Waals surface area contributed by atoms with Gasteiger partial charge >= 0.3 is 5.97 Å². The van der Waals surface area contributed by atoms with E-state index in [4.69, 9.17) is 9.15 Å². The lowest BCUT2D eigenvalue weighted by Gasteiger charge is -2.05. The fourth-order valence-electron chi connectivity index (χ4n) is 3.04. The van der Waals surface area contributed by atoms with Crippen LogP contribution in [0.4, 0.5) is 0 Å². The second kappa shape index (κ2) is 6.22. The van der Waals surface area contributed by atoms with E-state index in [9.17, 15) is 4.79 Å². The first-order valence-corrected chi connectivity index (χ1v) is 9.54. The summed E-state index contributed by atoms with van der Waals surface area (Å²) in [4.78, 5) is 23.5. The molecule has 3 heterocycles. The molecule has 3 aromatic rings. The average molecular weight is 360 g/mol. The number of carbonyl (C=O) groups excluding carboxylic acids is 1. The van der Waals surface area contributed by atoms with Crippen molar-refractivity contribution in [3.63, 3.8) is 0 Å². The molecule has 24 heavy (non-hydrogen) atoms.